The first-order valence-corrected chi connectivity index (χ1v) is 19.7. The largest absolute Gasteiger partial charge is 0.0654 e. The normalized spacial score (nSPS) is 11.1. The summed E-state index contributed by atoms with van der Waals surface area (Å²) in [5.74, 6) is 0. The fourth-order valence-electron chi connectivity index (χ4n) is 6.84. The van der Waals surface area contributed by atoms with Crippen LogP contribution in [-0.4, -0.2) is 0 Å². The molecule has 2 aromatic rings. The fraction of sp³-hybridized carbons (Fsp3) is 0.727. The Labute approximate surface area is 277 Å². The molecule has 0 saturated heterocycles. The van der Waals surface area contributed by atoms with Crippen LogP contribution in [-0.2, 0) is 38.5 Å². The van der Waals surface area contributed by atoms with Gasteiger partial charge in [0.1, 0.15) is 0 Å². The third kappa shape index (κ3) is 16.7. The zero-order valence-electron chi connectivity index (χ0n) is 31.3. The van der Waals surface area contributed by atoms with E-state index in [9.17, 15) is 0 Å². The second kappa shape index (κ2) is 26.6. The Bertz CT molecular complexity index is 933. The summed E-state index contributed by atoms with van der Waals surface area (Å²) in [7, 11) is 0. The molecular weight excluding hydrogens is 528 g/mol. The minimum absolute atomic E-state index is 1.29. The Balaban J connectivity index is 0.000000440. The molecule has 2 rings (SSSR count). The number of hydrogen-bond donors (Lipinski definition) is 0. The van der Waals surface area contributed by atoms with Crippen LogP contribution >= 0.6 is 0 Å². The number of hydrogen-bond acceptors (Lipinski definition) is 0. The molecule has 0 atom stereocenters. The molecule has 0 aliphatic carbocycles. The molecule has 0 aliphatic heterocycles. The molecule has 0 nitrogen and oxygen atoms in total. The van der Waals surface area contributed by atoms with E-state index in [1.807, 2.05) is 0 Å². The average Bonchev–Trinajstić information content (AvgIpc) is 3.01. The van der Waals surface area contributed by atoms with Crippen LogP contribution in [0.15, 0.2) is 24.3 Å². The number of rotatable bonds is 24. The third-order valence-electron chi connectivity index (χ3n) is 9.58. The minimum Gasteiger partial charge on any atom is -0.0654 e. The van der Waals surface area contributed by atoms with E-state index in [2.05, 4.69) is 79.7 Å². The molecule has 0 amide bonds. The van der Waals surface area contributed by atoms with Gasteiger partial charge in [0.05, 0.1) is 0 Å². The first kappa shape index (κ1) is 40.5. The van der Waals surface area contributed by atoms with Crippen molar-refractivity contribution in [3.8, 4) is 0 Å². The summed E-state index contributed by atoms with van der Waals surface area (Å²) in [5.41, 5.74) is 13.1. The summed E-state index contributed by atoms with van der Waals surface area (Å²) in [6.45, 7) is 18.4. The van der Waals surface area contributed by atoms with Gasteiger partial charge in [-0.2, -0.15) is 0 Å². The number of unbranched alkanes of at least 4 members (excludes halogenated alkanes) is 12. The molecule has 252 valence electrons. The molecule has 0 saturated carbocycles. The van der Waals surface area contributed by atoms with Crippen molar-refractivity contribution in [3.05, 3.63) is 68.8 Å². The molecule has 0 aliphatic rings. The topological polar surface area (TPSA) is 0 Å². The van der Waals surface area contributed by atoms with Gasteiger partial charge in [0.25, 0.3) is 0 Å². The predicted octanol–water partition coefficient (Wildman–Crippen LogP) is 14.4. The molecule has 44 heavy (non-hydrogen) atoms. The lowest BCUT2D eigenvalue weighted by molar-refractivity contribution is 0.676. The third-order valence-corrected chi connectivity index (χ3v) is 9.58. The van der Waals surface area contributed by atoms with E-state index >= 15 is 0 Å². The first-order valence-electron chi connectivity index (χ1n) is 19.7. The van der Waals surface area contributed by atoms with Gasteiger partial charge in [-0.3, -0.25) is 0 Å². The van der Waals surface area contributed by atoms with E-state index in [-0.39, 0.29) is 0 Å². The molecule has 0 heteroatoms. The van der Waals surface area contributed by atoms with Gasteiger partial charge in [-0.05, 0) is 130 Å². The lowest BCUT2D eigenvalue weighted by Crippen LogP contribution is -2.04. The second-order valence-electron chi connectivity index (χ2n) is 13.8. The van der Waals surface area contributed by atoms with Crippen LogP contribution in [0.2, 0.25) is 0 Å². The van der Waals surface area contributed by atoms with E-state index < -0.39 is 0 Å². The van der Waals surface area contributed by atoms with Crippen molar-refractivity contribution >= 4 is 0 Å². The Morgan fingerprint density at radius 3 is 1.09 bits per heavy atom. The van der Waals surface area contributed by atoms with Crippen LogP contribution in [0.25, 0.3) is 0 Å². The van der Waals surface area contributed by atoms with E-state index in [0.717, 1.165) is 0 Å². The first-order chi connectivity index (χ1) is 21.5. The number of aryl methyl sites for hydroxylation is 5. The van der Waals surface area contributed by atoms with Gasteiger partial charge in [0.2, 0.25) is 0 Å². The van der Waals surface area contributed by atoms with Crippen molar-refractivity contribution in [3.63, 3.8) is 0 Å². The van der Waals surface area contributed by atoms with Gasteiger partial charge in [-0.25, -0.2) is 0 Å². The molecule has 0 N–H and O–H groups in total. The monoisotopic (exact) mass is 605 g/mol. The SMILES string of the molecule is CCCCCc1cc(C)cc(CCCCC)c1CCCCC.CCCCCc1ccc(C)c(CCCCC)c1CCCCC. The van der Waals surface area contributed by atoms with Crippen LogP contribution in [0, 0.1) is 13.8 Å². The highest BCUT2D eigenvalue weighted by Gasteiger charge is 2.12. The Hall–Kier alpha value is -1.56. The maximum Gasteiger partial charge on any atom is -0.0273 e. The van der Waals surface area contributed by atoms with Crippen LogP contribution in [0.3, 0.4) is 0 Å². The lowest BCUT2D eigenvalue weighted by atomic mass is 9.88. The van der Waals surface area contributed by atoms with Crippen molar-refractivity contribution in [1.29, 1.82) is 0 Å². The second-order valence-corrected chi connectivity index (χ2v) is 13.8. The van der Waals surface area contributed by atoms with Gasteiger partial charge in [0.15, 0.2) is 0 Å². The zero-order chi connectivity index (χ0) is 32.4. The Morgan fingerprint density at radius 1 is 0.341 bits per heavy atom. The Kier molecular flexibility index (Phi) is 24.5. The van der Waals surface area contributed by atoms with Gasteiger partial charge in [-0.15, -0.1) is 0 Å². The zero-order valence-corrected chi connectivity index (χ0v) is 31.3. The molecule has 0 heterocycles. The summed E-state index contributed by atoms with van der Waals surface area (Å²) in [4.78, 5) is 0. The van der Waals surface area contributed by atoms with Crippen LogP contribution in [0.4, 0.5) is 0 Å². The molecule has 0 spiro atoms. The predicted molar refractivity (Wildman–Crippen MR) is 202 cm³/mol. The van der Waals surface area contributed by atoms with E-state index in [4.69, 9.17) is 0 Å². The van der Waals surface area contributed by atoms with Gasteiger partial charge < -0.3 is 0 Å². The molecule has 0 fully saturated rings. The van der Waals surface area contributed by atoms with Crippen molar-refractivity contribution in [2.45, 2.75) is 209 Å². The highest BCUT2D eigenvalue weighted by Crippen LogP contribution is 2.26. The summed E-state index contributed by atoms with van der Waals surface area (Å²) in [5, 5.41) is 0. The quantitative estimate of drug-likeness (QED) is 0.105. The standard InChI is InChI=1S/2C22H38/c1-5-8-11-14-20-17-19(4)18-21(15-12-9-6-2)22(20)16-13-10-7-3;1-5-8-11-14-20-18-17-19(4)21(15-12-9-6-2)22(20)16-13-10-7-3/h2*17-18H,5-16H2,1-4H3. The summed E-state index contributed by atoms with van der Waals surface area (Å²) >= 11 is 0. The highest BCUT2D eigenvalue weighted by molar-refractivity contribution is 5.41. The van der Waals surface area contributed by atoms with Crippen LogP contribution < -0.4 is 0 Å². The molecule has 0 unspecified atom stereocenters. The molecule has 0 bridgehead atoms. The maximum absolute atomic E-state index is 2.47. The van der Waals surface area contributed by atoms with E-state index in [0.29, 0.717) is 0 Å². The highest BCUT2D eigenvalue weighted by atomic mass is 14.2. The summed E-state index contributed by atoms with van der Waals surface area (Å²) in [6, 6.07) is 9.75. The molecule has 0 radical (unpaired) electrons. The molecule has 2 aromatic carbocycles. The van der Waals surface area contributed by atoms with Crippen molar-refractivity contribution in [2.75, 3.05) is 0 Å². The lowest BCUT2D eigenvalue weighted by Gasteiger charge is -2.18. The number of benzene rings is 2. The Morgan fingerprint density at radius 2 is 0.682 bits per heavy atom. The van der Waals surface area contributed by atoms with E-state index in [1.165, 1.54) is 165 Å². The fourth-order valence-corrected chi connectivity index (χ4v) is 6.84. The van der Waals surface area contributed by atoms with E-state index in [1.54, 1.807) is 33.4 Å². The van der Waals surface area contributed by atoms with Gasteiger partial charge in [0, 0.05) is 0 Å². The van der Waals surface area contributed by atoms with Crippen LogP contribution in [0.1, 0.15) is 202 Å². The minimum atomic E-state index is 1.29. The van der Waals surface area contributed by atoms with Crippen molar-refractivity contribution in [2.24, 2.45) is 0 Å². The van der Waals surface area contributed by atoms with Crippen LogP contribution in [0.5, 0.6) is 0 Å². The molecule has 0 aromatic heterocycles. The van der Waals surface area contributed by atoms with Crippen molar-refractivity contribution in [1.82, 2.24) is 0 Å². The average molecular weight is 605 g/mol. The van der Waals surface area contributed by atoms with Gasteiger partial charge in [-0.1, -0.05) is 148 Å². The summed E-state index contributed by atoms with van der Waals surface area (Å²) < 4.78 is 0. The summed E-state index contributed by atoms with van der Waals surface area (Å²) in [6.07, 6.45) is 32.1. The smallest absolute Gasteiger partial charge is 0.0273 e. The maximum atomic E-state index is 2.47. The van der Waals surface area contributed by atoms with Crippen molar-refractivity contribution < 1.29 is 0 Å². The van der Waals surface area contributed by atoms with Gasteiger partial charge >= 0.3 is 0 Å². The molecular formula is C44H76.